The van der Waals surface area contributed by atoms with Gasteiger partial charge in [0, 0.05) is 11.1 Å². The van der Waals surface area contributed by atoms with Crippen LogP contribution in [0.15, 0.2) is 12.1 Å². The van der Waals surface area contributed by atoms with Crippen LogP contribution < -0.4 is 10.5 Å². The SMILES string of the molecule is COc1cc(C)cc(C)c1C1(N)CCC(C)CC1. The number of aryl methyl sites for hydroxylation is 2. The van der Waals surface area contributed by atoms with Gasteiger partial charge in [-0.1, -0.05) is 13.0 Å². The second-order valence-electron chi connectivity index (χ2n) is 6.00. The first kappa shape index (κ1) is 13.4. The van der Waals surface area contributed by atoms with Crippen LogP contribution in [-0.2, 0) is 5.54 Å². The molecular formula is C16H25NO. The molecule has 0 bridgehead atoms. The van der Waals surface area contributed by atoms with E-state index in [-0.39, 0.29) is 5.54 Å². The zero-order valence-electron chi connectivity index (χ0n) is 12.0. The van der Waals surface area contributed by atoms with Gasteiger partial charge in [0.2, 0.25) is 0 Å². The van der Waals surface area contributed by atoms with Crippen LogP contribution in [0.3, 0.4) is 0 Å². The van der Waals surface area contributed by atoms with Crippen molar-refractivity contribution in [2.75, 3.05) is 7.11 Å². The highest BCUT2D eigenvalue weighted by Crippen LogP contribution is 2.42. The third-order valence-corrected chi connectivity index (χ3v) is 4.33. The van der Waals surface area contributed by atoms with E-state index in [1.807, 2.05) is 0 Å². The summed E-state index contributed by atoms with van der Waals surface area (Å²) in [6, 6.07) is 4.32. The lowest BCUT2D eigenvalue weighted by atomic mass is 9.72. The van der Waals surface area contributed by atoms with Crippen molar-refractivity contribution in [3.63, 3.8) is 0 Å². The molecule has 100 valence electrons. The van der Waals surface area contributed by atoms with Gasteiger partial charge in [-0.05, 0) is 62.6 Å². The van der Waals surface area contributed by atoms with Crippen molar-refractivity contribution >= 4 is 0 Å². The molecule has 0 radical (unpaired) electrons. The predicted molar refractivity (Wildman–Crippen MR) is 76.0 cm³/mol. The Labute approximate surface area is 111 Å². The standard InChI is InChI=1S/C16H25NO/c1-11-5-7-16(17,8-6-11)15-13(3)9-12(2)10-14(15)18-4/h9-11H,5-8,17H2,1-4H3. The van der Waals surface area contributed by atoms with E-state index in [4.69, 9.17) is 10.5 Å². The fraction of sp³-hybridized carbons (Fsp3) is 0.625. The first-order valence-corrected chi connectivity index (χ1v) is 6.91. The molecule has 1 fully saturated rings. The molecule has 18 heavy (non-hydrogen) atoms. The summed E-state index contributed by atoms with van der Waals surface area (Å²) in [5.74, 6) is 1.77. The molecule has 0 heterocycles. The third kappa shape index (κ3) is 2.39. The monoisotopic (exact) mass is 247 g/mol. The van der Waals surface area contributed by atoms with Gasteiger partial charge in [0.25, 0.3) is 0 Å². The zero-order valence-corrected chi connectivity index (χ0v) is 12.0. The van der Waals surface area contributed by atoms with Crippen LogP contribution in [0.25, 0.3) is 0 Å². The minimum absolute atomic E-state index is 0.199. The summed E-state index contributed by atoms with van der Waals surface area (Å²) in [5, 5.41) is 0. The molecule has 2 nitrogen and oxygen atoms in total. The smallest absolute Gasteiger partial charge is 0.124 e. The van der Waals surface area contributed by atoms with Crippen LogP contribution in [0.1, 0.15) is 49.3 Å². The van der Waals surface area contributed by atoms with Gasteiger partial charge in [0.15, 0.2) is 0 Å². The second-order valence-corrected chi connectivity index (χ2v) is 6.00. The molecule has 0 amide bonds. The normalized spacial score (nSPS) is 28.2. The van der Waals surface area contributed by atoms with Crippen molar-refractivity contribution < 1.29 is 4.74 Å². The molecule has 2 N–H and O–H groups in total. The lowest BCUT2D eigenvalue weighted by Crippen LogP contribution is -2.41. The minimum Gasteiger partial charge on any atom is -0.496 e. The molecule has 2 rings (SSSR count). The number of hydrogen-bond donors (Lipinski definition) is 1. The maximum absolute atomic E-state index is 6.69. The summed E-state index contributed by atoms with van der Waals surface area (Å²) in [7, 11) is 1.74. The van der Waals surface area contributed by atoms with Crippen molar-refractivity contribution in [3.8, 4) is 5.75 Å². The number of rotatable bonds is 2. The van der Waals surface area contributed by atoms with E-state index in [2.05, 4.69) is 32.9 Å². The molecule has 0 unspecified atom stereocenters. The van der Waals surface area contributed by atoms with Gasteiger partial charge >= 0.3 is 0 Å². The largest absolute Gasteiger partial charge is 0.496 e. The number of ether oxygens (including phenoxy) is 1. The number of methoxy groups -OCH3 is 1. The second kappa shape index (κ2) is 4.93. The quantitative estimate of drug-likeness (QED) is 0.865. The molecule has 2 heteroatoms. The molecular weight excluding hydrogens is 222 g/mol. The molecule has 0 spiro atoms. The predicted octanol–water partition coefficient (Wildman–Crippen LogP) is 3.68. The van der Waals surface area contributed by atoms with Gasteiger partial charge < -0.3 is 10.5 Å². The molecule has 1 saturated carbocycles. The molecule has 0 aliphatic heterocycles. The van der Waals surface area contributed by atoms with Crippen molar-refractivity contribution in [1.82, 2.24) is 0 Å². The summed E-state index contributed by atoms with van der Waals surface area (Å²) in [4.78, 5) is 0. The number of benzene rings is 1. The fourth-order valence-corrected chi connectivity index (χ4v) is 3.25. The zero-order chi connectivity index (χ0) is 13.3. The molecule has 1 aromatic carbocycles. The van der Waals surface area contributed by atoms with E-state index >= 15 is 0 Å². The van der Waals surface area contributed by atoms with Crippen molar-refractivity contribution in [1.29, 1.82) is 0 Å². The van der Waals surface area contributed by atoms with E-state index in [0.29, 0.717) is 0 Å². The first-order valence-electron chi connectivity index (χ1n) is 6.91. The van der Waals surface area contributed by atoms with Crippen LogP contribution >= 0.6 is 0 Å². The van der Waals surface area contributed by atoms with Crippen LogP contribution in [0, 0.1) is 19.8 Å². The van der Waals surface area contributed by atoms with E-state index in [9.17, 15) is 0 Å². The molecule has 0 atom stereocenters. The van der Waals surface area contributed by atoms with Crippen LogP contribution in [0.2, 0.25) is 0 Å². The molecule has 0 saturated heterocycles. The van der Waals surface area contributed by atoms with Crippen molar-refractivity contribution in [3.05, 3.63) is 28.8 Å². The van der Waals surface area contributed by atoms with Crippen molar-refractivity contribution in [2.45, 2.75) is 52.0 Å². The Morgan fingerprint density at radius 2 is 1.83 bits per heavy atom. The first-order chi connectivity index (χ1) is 8.46. The van der Waals surface area contributed by atoms with Gasteiger partial charge in [0.1, 0.15) is 5.75 Å². The van der Waals surface area contributed by atoms with Gasteiger partial charge in [-0.2, -0.15) is 0 Å². The Balaban J connectivity index is 2.43. The lowest BCUT2D eigenvalue weighted by Gasteiger charge is -2.38. The topological polar surface area (TPSA) is 35.2 Å². The highest BCUT2D eigenvalue weighted by atomic mass is 16.5. The summed E-state index contributed by atoms with van der Waals surface area (Å²) in [5.41, 5.74) is 10.2. The van der Waals surface area contributed by atoms with Crippen molar-refractivity contribution in [2.24, 2.45) is 11.7 Å². The Kier molecular flexibility index (Phi) is 3.67. The molecule has 0 aromatic heterocycles. The Hall–Kier alpha value is -1.02. The molecule has 1 aliphatic rings. The van der Waals surface area contributed by atoms with E-state index in [0.717, 1.165) is 24.5 Å². The summed E-state index contributed by atoms with van der Waals surface area (Å²) >= 11 is 0. The van der Waals surface area contributed by atoms with Crippen LogP contribution in [-0.4, -0.2) is 7.11 Å². The summed E-state index contributed by atoms with van der Waals surface area (Å²) in [6.07, 6.45) is 4.56. The van der Waals surface area contributed by atoms with Crippen LogP contribution in [0.4, 0.5) is 0 Å². The highest BCUT2D eigenvalue weighted by Gasteiger charge is 2.35. The summed E-state index contributed by atoms with van der Waals surface area (Å²) < 4.78 is 5.57. The van der Waals surface area contributed by atoms with E-state index in [1.54, 1.807) is 7.11 Å². The number of nitrogens with two attached hydrogens (primary N) is 1. The Morgan fingerprint density at radius 3 is 2.39 bits per heavy atom. The Bertz CT molecular complexity index is 431. The lowest BCUT2D eigenvalue weighted by molar-refractivity contribution is 0.240. The van der Waals surface area contributed by atoms with Gasteiger partial charge in [0.05, 0.1) is 7.11 Å². The number of hydrogen-bond acceptors (Lipinski definition) is 2. The maximum atomic E-state index is 6.69. The maximum Gasteiger partial charge on any atom is 0.124 e. The van der Waals surface area contributed by atoms with Gasteiger partial charge in [-0.15, -0.1) is 0 Å². The third-order valence-electron chi connectivity index (χ3n) is 4.33. The minimum atomic E-state index is -0.199. The average molecular weight is 247 g/mol. The highest BCUT2D eigenvalue weighted by molar-refractivity contribution is 5.47. The van der Waals surface area contributed by atoms with Crippen LogP contribution in [0.5, 0.6) is 5.75 Å². The van der Waals surface area contributed by atoms with E-state index < -0.39 is 0 Å². The van der Waals surface area contributed by atoms with Gasteiger partial charge in [-0.3, -0.25) is 0 Å². The average Bonchev–Trinajstić information content (AvgIpc) is 2.32. The fourth-order valence-electron chi connectivity index (χ4n) is 3.25. The van der Waals surface area contributed by atoms with Gasteiger partial charge in [-0.25, -0.2) is 0 Å². The van der Waals surface area contributed by atoms with E-state index in [1.165, 1.54) is 29.5 Å². The molecule has 1 aromatic rings. The molecule has 1 aliphatic carbocycles. The summed E-state index contributed by atoms with van der Waals surface area (Å²) in [6.45, 7) is 6.57. The Morgan fingerprint density at radius 1 is 1.22 bits per heavy atom.